The maximum atomic E-state index is 14.2. The van der Waals surface area contributed by atoms with Crippen LogP contribution in [-0.4, -0.2) is 17.1 Å². The van der Waals surface area contributed by atoms with Gasteiger partial charge >= 0.3 is 61.1 Å². The molecule has 1 heterocycles. The van der Waals surface area contributed by atoms with E-state index in [4.69, 9.17) is 4.74 Å². The summed E-state index contributed by atoms with van der Waals surface area (Å²) in [4.78, 5) is 16.8. The third kappa shape index (κ3) is 14.5. The van der Waals surface area contributed by atoms with Gasteiger partial charge in [-0.05, 0) is 56.2 Å². The summed E-state index contributed by atoms with van der Waals surface area (Å²) in [7, 11) is 0. The molecule has 0 spiro atoms. The number of aromatic nitrogens is 2. The second-order valence-electron chi connectivity index (χ2n) is 18.4. The lowest BCUT2D eigenvalue weighted by molar-refractivity contribution is -0.691. The van der Waals surface area contributed by atoms with Gasteiger partial charge in [-0.2, -0.15) is 132 Å². The van der Waals surface area contributed by atoms with E-state index >= 15 is 0 Å². The molecule has 0 saturated heterocycles. The number of aryl methyl sites for hydroxylation is 3. The van der Waals surface area contributed by atoms with Crippen LogP contribution in [-0.2, 0) is 56.0 Å². The zero-order valence-corrected chi connectivity index (χ0v) is 41.3. The molecular weight excluding hydrogens is 1160 g/mol. The molecule has 0 amide bonds. The molecule has 0 radical (unpaired) electrons. The number of esters is 1. The Morgan fingerprint density at radius 2 is 0.707 bits per heavy atom. The number of rotatable bonds is 8. The smallest absolute Gasteiger partial charge is 0.416 e. The molecule has 82 heavy (non-hydrogen) atoms. The number of hydrogen-bond donors (Lipinski definition) is 0. The molecule has 0 N–H and O–H groups in total. The molecule has 0 unspecified atom stereocenters. The van der Waals surface area contributed by atoms with Gasteiger partial charge in [-0.25, -0.2) is 4.79 Å². The van der Waals surface area contributed by atoms with Gasteiger partial charge in [0.05, 0.1) is 50.7 Å². The minimum atomic E-state index is -6.13. The number of hydrogen-bond acceptors (Lipinski definition) is 3. The first-order valence-corrected chi connectivity index (χ1v) is 22.8. The molecule has 0 aliphatic heterocycles. The van der Waals surface area contributed by atoms with Crippen LogP contribution in [0.3, 0.4) is 0 Å². The third-order valence-corrected chi connectivity index (χ3v) is 12.5. The summed E-state index contributed by atoms with van der Waals surface area (Å²) in [5.41, 5.74) is -25.6. The van der Waals surface area contributed by atoms with Gasteiger partial charge in [0.15, 0.2) is 12.7 Å². The van der Waals surface area contributed by atoms with Crippen molar-refractivity contribution < 1.29 is 119 Å². The van der Waals surface area contributed by atoms with Gasteiger partial charge in [0, 0.05) is 5.56 Å². The third-order valence-electron chi connectivity index (χ3n) is 12.5. The van der Waals surface area contributed by atoms with Crippen LogP contribution in [0.2, 0.25) is 0 Å². The van der Waals surface area contributed by atoms with Crippen LogP contribution in [0.5, 0.6) is 5.75 Å². The average Bonchev–Trinajstić information content (AvgIpc) is 1.03. The van der Waals surface area contributed by atoms with Crippen LogP contribution >= 0.6 is 0 Å². The first-order chi connectivity index (χ1) is 37.3. The summed E-state index contributed by atoms with van der Waals surface area (Å²) in [6.45, 7) is 6.51. The summed E-state index contributed by atoms with van der Waals surface area (Å²) in [5.74, 6) is 0.213. The molecule has 29 heteroatoms. The molecule has 0 saturated carbocycles. The van der Waals surface area contributed by atoms with Crippen LogP contribution in [0.1, 0.15) is 77.2 Å². The van der Waals surface area contributed by atoms with Gasteiger partial charge in [-0.15, -0.1) is 0 Å². The Morgan fingerprint density at radius 1 is 0.427 bits per heavy atom. The van der Waals surface area contributed by atoms with E-state index in [1.807, 2.05) is 67.8 Å². The van der Waals surface area contributed by atoms with E-state index < -0.39 is 201 Å². The highest BCUT2D eigenvalue weighted by atomic mass is 19.4. The number of halogens is 24. The van der Waals surface area contributed by atoms with Crippen molar-refractivity contribution in [3.63, 3.8) is 0 Å². The molecule has 0 aliphatic rings. The van der Waals surface area contributed by atoms with Crippen molar-refractivity contribution in [2.24, 2.45) is 0 Å². The van der Waals surface area contributed by atoms with Crippen molar-refractivity contribution in [1.29, 1.82) is 0 Å². The Hall–Kier alpha value is -7.75. The molecule has 438 valence electrons. The Kier molecular flexibility index (Phi) is 17.2. The van der Waals surface area contributed by atoms with E-state index in [0.29, 0.717) is 18.0 Å². The molecular formula is C53H33BF24N2O2. The fraction of sp³-hybridized carbons (Fsp3) is 0.226. The number of nitrogens with zero attached hydrogens (tertiary/aromatic N) is 2. The molecule has 0 aliphatic carbocycles. The number of carbonyl (C=O) groups excluding carboxylic acids is 1. The highest BCUT2D eigenvalue weighted by Crippen LogP contribution is 2.42. The van der Waals surface area contributed by atoms with Crippen molar-refractivity contribution in [3.05, 3.63) is 206 Å². The lowest BCUT2D eigenvalue weighted by Crippen LogP contribution is -2.75. The van der Waals surface area contributed by atoms with Gasteiger partial charge in [0.1, 0.15) is 18.1 Å². The predicted molar refractivity (Wildman–Crippen MR) is 246 cm³/mol. The average molecular weight is 1200 g/mol. The van der Waals surface area contributed by atoms with Gasteiger partial charge < -0.3 is 4.74 Å². The Labute approximate surface area is 446 Å². The van der Waals surface area contributed by atoms with E-state index in [-0.39, 0.29) is 0 Å². The van der Waals surface area contributed by atoms with E-state index in [2.05, 4.69) is 4.98 Å². The zero-order valence-electron chi connectivity index (χ0n) is 41.3. The van der Waals surface area contributed by atoms with Crippen LogP contribution in [0.4, 0.5) is 105 Å². The number of ether oxygens (including phenoxy) is 1. The van der Waals surface area contributed by atoms with Crippen molar-refractivity contribution >= 4 is 34.0 Å². The first kappa shape index (κ1) is 63.4. The minimum absolute atomic E-state index is 0.404. The molecule has 1 aromatic heterocycles. The van der Waals surface area contributed by atoms with Gasteiger partial charge in [-0.1, -0.05) is 96.6 Å². The molecule has 6 aromatic carbocycles. The normalized spacial score (nSPS) is 13.2. The molecule has 0 atom stereocenters. The maximum Gasteiger partial charge on any atom is 0.416 e. The van der Waals surface area contributed by atoms with Crippen molar-refractivity contribution in [2.75, 3.05) is 0 Å². The van der Waals surface area contributed by atoms with Crippen LogP contribution in [0.15, 0.2) is 134 Å². The summed E-state index contributed by atoms with van der Waals surface area (Å²) < 4.78 is 348. The van der Waals surface area contributed by atoms with Crippen LogP contribution in [0.25, 0.3) is 0 Å². The fourth-order valence-corrected chi connectivity index (χ4v) is 9.02. The van der Waals surface area contributed by atoms with E-state index in [0.717, 1.165) is 22.3 Å². The second kappa shape index (κ2) is 22.2. The summed E-state index contributed by atoms with van der Waals surface area (Å²) >= 11 is 0. The monoisotopic (exact) mass is 1200 g/mol. The largest absolute Gasteiger partial charge is 0.418 e. The molecule has 7 aromatic rings. The lowest BCUT2D eigenvalue weighted by atomic mass is 9.12. The van der Waals surface area contributed by atoms with E-state index in [9.17, 15) is 110 Å². The number of benzene rings is 6. The SMILES string of the molecule is Cc1cc(C)c(OC(=O)c2cncc[n+]2Cc2ccccc2)c(C)c1.FC(F)(F)c1cc([B-](c2cc(C(F)(F)F)cc(C(F)(F)F)c2)(c2cc(C(F)(F)F)cc(C(F)(F)F)c2)c2cc(C(F)(F)F)cc(C(F)(F)F)c2)cc(C(F)(F)F)c1. The molecule has 7 rings (SSSR count). The summed E-state index contributed by atoms with van der Waals surface area (Å²) in [6, 6.07) is 5.19. The molecule has 0 fully saturated rings. The van der Waals surface area contributed by atoms with Crippen molar-refractivity contribution in [3.8, 4) is 5.75 Å². The zero-order chi connectivity index (χ0) is 61.7. The maximum absolute atomic E-state index is 14.2. The van der Waals surface area contributed by atoms with E-state index in [1.54, 1.807) is 18.6 Å². The minimum Gasteiger partial charge on any atom is -0.418 e. The van der Waals surface area contributed by atoms with Crippen LogP contribution in [0, 0.1) is 20.8 Å². The summed E-state index contributed by atoms with van der Waals surface area (Å²) in [6.07, 6.45) is -49.8. The predicted octanol–water partition coefficient (Wildman–Crippen LogP) is 14.8. The first-order valence-electron chi connectivity index (χ1n) is 22.8. The fourth-order valence-electron chi connectivity index (χ4n) is 9.02. The topological polar surface area (TPSA) is 43.1 Å². The Morgan fingerprint density at radius 3 is 0.976 bits per heavy atom. The molecule has 4 nitrogen and oxygen atoms in total. The second-order valence-corrected chi connectivity index (χ2v) is 18.4. The number of carbonyl (C=O) groups is 1. The Balaban J connectivity index is 0.000000357. The Bertz CT molecular complexity index is 3020. The van der Waals surface area contributed by atoms with Gasteiger partial charge in [-0.3, -0.25) is 4.98 Å². The highest BCUT2D eigenvalue weighted by Gasteiger charge is 2.47. The van der Waals surface area contributed by atoms with Gasteiger partial charge in [0.2, 0.25) is 0 Å². The van der Waals surface area contributed by atoms with E-state index in [1.165, 1.54) is 0 Å². The van der Waals surface area contributed by atoms with Crippen molar-refractivity contribution in [1.82, 2.24) is 4.98 Å². The summed E-state index contributed by atoms with van der Waals surface area (Å²) in [5, 5.41) is 0. The highest BCUT2D eigenvalue weighted by molar-refractivity contribution is 7.20. The lowest BCUT2D eigenvalue weighted by Gasteiger charge is -2.46. The number of alkyl halides is 24. The van der Waals surface area contributed by atoms with Crippen LogP contribution < -0.4 is 31.2 Å². The van der Waals surface area contributed by atoms with Crippen molar-refractivity contribution in [2.45, 2.75) is 76.7 Å². The van der Waals surface area contributed by atoms with Gasteiger partial charge in [0.25, 0.3) is 0 Å². The molecule has 0 bridgehead atoms. The quantitative estimate of drug-likeness (QED) is 0.0501. The standard InChI is InChI=1S/C32H12BF24.C21H21N2O2/c34-25(35,36)13-1-14(26(37,38)39)6-21(5-13)33(22-7-15(27(40,41)42)2-16(8-22)28(43,44)45,23-9-17(29(46,47)48)3-18(10-23)30(49,50)51)24-11-19(31(52,53)54)4-20(12-24)32(55,56)57;1-15-11-16(2)20(17(3)12-15)25-21(24)19-13-22-9-10-23(19)14-18-7-5-4-6-8-18/h1-12H;4-13H,14H2,1-3H3/q-1;+1.